The largest absolute Gasteiger partial charge is 0.419 e. The van der Waals surface area contributed by atoms with Gasteiger partial charge in [0.25, 0.3) is 5.79 Å². The minimum Gasteiger partial charge on any atom is -0.419 e. The smallest absolute Gasteiger partial charge is 0.350 e. The van der Waals surface area contributed by atoms with E-state index in [2.05, 4.69) is 12.2 Å². The Hall–Kier alpha value is -2.43. The first-order valence-electron chi connectivity index (χ1n) is 11.1. The fourth-order valence-electron chi connectivity index (χ4n) is 4.10. The lowest BCUT2D eigenvalue weighted by Crippen LogP contribution is -2.45. The summed E-state index contributed by atoms with van der Waals surface area (Å²) < 4.78 is 38.9. The van der Waals surface area contributed by atoms with E-state index in [0.29, 0.717) is 5.92 Å². The highest BCUT2D eigenvalue weighted by Crippen LogP contribution is 2.33. The van der Waals surface area contributed by atoms with Crippen molar-refractivity contribution in [2.75, 3.05) is 11.9 Å². The summed E-state index contributed by atoms with van der Waals surface area (Å²) in [7, 11) is -3.99. The van der Waals surface area contributed by atoms with Crippen LogP contribution in [0.2, 0.25) is 0 Å². The highest BCUT2D eigenvalue weighted by atomic mass is 32.2. The van der Waals surface area contributed by atoms with Gasteiger partial charge in [0.1, 0.15) is 4.90 Å². The Balaban J connectivity index is 1.91. The molecule has 0 aromatic heterocycles. The minimum absolute atomic E-state index is 0.0148. The number of para-hydroxylation sites is 1. The van der Waals surface area contributed by atoms with E-state index in [4.69, 9.17) is 9.47 Å². The van der Waals surface area contributed by atoms with Crippen molar-refractivity contribution in [2.45, 2.75) is 76.2 Å². The zero-order valence-electron chi connectivity index (χ0n) is 19.4. The molecule has 0 amide bonds. The van der Waals surface area contributed by atoms with Crippen LogP contribution < -0.4 is 5.32 Å². The molecule has 1 aliphatic heterocycles. The number of sulfonamides is 1. The molecule has 182 valence electrons. The number of hydrogen-bond donors (Lipinski definition) is 2. The van der Waals surface area contributed by atoms with Crippen molar-refractivity contribution in [3.05, 3.63) is 36.0 Å². The molecule has 2 N–H and O–H groups in total. The predicted molar refractivity (Wildman–Crippen MR) is 121 cm³/mol. The number of nitrogens with one attached hydrogen (secondary N) is 1. The maximum atomic E-state index is 13.7. The van der Waals surface area contributed by atoms with Crippen LogP contribution in [0, 0.1) is 5.92 Å². The molecule has 2 fully saturated rings. The fourth-order valence-corrected chi connectivity index (χ4v) is 6.02. The highest BCUT2D eigenvalue weighted by Gasteiger charge is 2.39. The molecule has 1 aromatic carbocycles. The van der Waals surface area contributed by atoms with Crippen LogP contribution in [0.25, 0.3) is 0 Å². The van der Waals surface area contributed by atoms with Crippen LogP contribution in [0.5, 0.6) is 0 Å². The van der Waals surface area contributed by atoms with Gasteiger partial charge in [0.2, 0.25) is 10.0 Å². The van der Waals surface area contributed by atoms with Crippen molar-refractivity contribution < 1.29 is 32.6 Å². The monoisotopic (exact) mass is 480 g/mol. The molecule has 0 bridgehead atoms. The van der Waals surface area contributed by atoms with E-state index in [9.17, 15) is 23.1 Å². The van der Waals surface area contributed by atoms with E-state index >= 15 is 0 Å². The van der Waals surface area contributed by atoms with Gasteiger partial charge in [-0.2, -0.15) is 4.31 Å². The minimum atomic E-state index is -3.99. The van der Waals surface area contributed by atoms with Crippen molar-refractivity contribution in [3.63, 3.8) is 0 Å². The van der Waals surface area contributed by atoms with Gasteiger partial charge < -0.3 is 19.9 Å². The number of benzene rings is 1. The molecular weight excluding hydrogens is 448 g/mol. The van der Waals surface area contributed by atoms with Crippen LogP contribution in [0.1, 0.15) is 53.4 Å². The molecular formula is C23H32N2O7S. The Bertz CT molecular complexity index is 1000. The van der Waals surface area contributed by atoms with E-state index in [-0.39, 0.29) is 28.7 Å². The van der Waals surface area contributed by atoms with Crippen molar-refractivity contribution in [1.29, 1.82) is 0 Å². The van der Waals surface area contributed by atoms with E-state index in [1.807, 2.05) is 0 Å². The van der Waals surface area contributed by atoms with Crippen LogP contribution in [-0.2, 0) is 29.1 Å². The quantitative estimate of drug-likeness (QED) is 0.347. The number of ether oxygens (including phenoxy) is 2. The molecule has 3 rings (SSSR count). The number of nitrogens with zero attached hydrogens (tertiary/aromatic N) is 1. The number of aliphatic hydroxyl groups is 1. The molecule has 2 aliphatic rings. The summed E-state index contributed by atoms with van der Waals surface area (Å²) in [5.74, 6) is -2.56. The van der Waals surface area contributed by atoms with Gasteiger partial charge in [0.05, 0.1) is 11.8 Å². The average Bonchev–Trinajstić information content (AvgIpc) is 2.71. The van der Waals surface area contributed by atoms with E-state index in [0.717, 1.165) is 31.9 Å². The van der Waals surface area contributed by atoms with Gasteiger partial charge in [0.15, 0.2) is 5.57 Å². The predicted octanol–water partition coefficient (Wildman–Crippen LogP) is 2.77. The summed E-state index contributed by atoms with van der Waals surface area (Å²) in [6, 6.07) is 6.02. The Morgan fingerprint density at radius 1 is 1.15 bits per heavy atom. The molecule has 1 atom stereocenters. The van der Waals surface area contributed by atoms with Crippen LogP contribution in [-0.4, -0.2) is 54.2 Å². The molecule has 10 heteroatoms. The summed E-state index contributed by atoms with van der Waals surface area (Å²) in [4.78, 5) is 24.4. The molecule has 0 radical (unpaired) electrons. The number of aliphatic hydroxyl groups excluding tert-OH is 1. The van der Waals surface area contributed by atoms with Gasteiger partial charge in [-0.3, -0.25) is 0 Å². The number of carbonyl (C=O) groups is 2. The van der Waals surface area contributed by atoms with Gasteiger partial charge >= 0.3 is 11.9 Å². The number of rotatable bonds is 7. The van der Waals surface area contributed by atoms with Gasteiger partial charge in [0, 0.05) is 32.6 Å². The lowest BCUT2D eigenvalue weighted by Gasteiger charge is -2.36. The summed E-state index contributed by atoms with van der Waals surface area (Å²) >= 11 is 0. The molecule has 1 aromatic rings. The second-order valence-corrected chi connectivity index (χ2v) is 11.1. The van der Waals surface area contributed by atoms with Gasteiger partial charge in [-0.25, -0.2) is 18.0 Å². The topological polar surface area (TPSA) is 122 Å². The molecule has 1 aliphatic carbocycles. The maximum absolute atomic E-state index is 13.7. The lowest BCUT2D eigenvalue weighted by atomic mass is 9.87. The van der Waals surface area contributed by atoms with Crippen LogP contribution in [0.3, 0.4) is 0 Å². The average molecular weight is 481 g/mol. The molecule has 1 heterocycles. The third-order valence-electron chi connectivity index (χ3n) is 5.80. The SMILES string of the molecule is CC(O)CN(C1CCC(C)CC1)S(=O)(=O)c1ccccc1NC=C1C(=O)OC(C)(C)OC1=O. The first-order valence-corrected chi connectivity index (χ1v) is 12.6. The summed E-state index contributed by atoms with van der Waals surface area (Å²) in [5, 5.41) is 12.8. The van der Waals surface area contributed by atoms with Gasteiger partial charge in [-0.05, 0) is 50.7 Å². The van der Waals surface area contributed by atoms with Crippen LogP contribution in [0.4, 0.5) is 5.69 Å². The Kier molecular flexibility index (Phi) is 7.50. The Labute approximate surface area is 194 Å². The van der Waals surface area contributed by atoms with Crippen molar-refractivity contribution in [2.24, 2.45) is 5.92 Å². The summed E-state index contributed by atoms with van der Waals surface area (Å²) in [6.45, 7) is 6.57. The zero-order valence-corrected chi connectivity index (χ0v) is 20.2. The summed E-state index contributed by atoms with van der Waals surface area (Å²) in [5.41, 5.74) is -0.182. The molecule has 0 spiro atoms. The molecule has 1 saturated carbocycles. The first kappa shape index (κ1) is 25.2. The number of carbonyl (C=O) groups excluding carboxylic acids is 2. The van der Waals surface area contributed by atoms with Crippen LogP contribution >= 0.6 is 0 Å². The van der Waals surface area contributed by atoms with E-state index < -0.39 is 33.9 Å². The summed E-state index contributed by atoms with van der Waals surface area (Å²) in [6.07, 6.45) is 3.54. The van der Waals surface area contributed by atoms with Crippen molar-refractivity contribution in [3.8, 4) is 0 Å². The molecule has 1 unspecified atom stereocenters. The third kappa shape index (κ3) is 5.93. The standard InChI is InChI=1S/C23H32N2O7S/c1-15-9-11-17(12-10-15)25(14-16(2)26)33(29,30)20-8-6-5-7-19(20)24-13-18-21(27)31-23(3,4)32-22(18)28/h5-8,13,15-17,24,26H,9-12,14H2,1-4H3. The number of anilines is 1. The molecule has 33 heavy (non-hydrogen) atoms. The second-order valence-electron chi connectivity index (χ2n) is 9.21. The van der Waals surface area contributed by atoms with Gasteiger partial charge in [-0.1, -0.05) is 19.1 Å². The first-order chi connectivity index (χ1) is 15.4. The van der Waals surface area contributed by atoms with Crippen molar-refractivity contribution in [1.82, 2.24) is 4.31 Å². The van der Waals surface area contributed by atoms with E-state index in [1.54, 1.807) is 19.1 Å². The van der Waals surface area contributed by atoms with Crippen molar-refractivity contribution >= 4 is 27.6 Å². The molecule has 9 nitrogen and oxygen atoms in total. The lowest BCUT2D eigenvalue weighted by molar-refractivity contribution is -0.222. The van der Waals surface area contributed by atoms with E-state index in [1.165, 1.54) is 30.3 Å². The fraction of sp³-hybridized carbons (Fsp3) is 0.565. The Morgan fingerprint density at radius 3 is 2.30 bits per heavy atom. The highest BCUT2D eigenvalue weighted by molar-refractivity contribution is 7.89. The number of hydrogen-bond acceptors (Lipinski definition) is 8. The third-order valence-corrected chi connectivity index (χ3v) is 7.78. The number of esters is 2. The normalized spacial score (nSPS) is 24.1. The number of cyclic esters (lactones) is 2. The zero-order chi connectivity index (χ0) is 24.4. The van der Waals surface area contributed by atoms with Crippen LogP contribution in [0.15, 0.2) is 40.9 Å². The maximum Gasteiger partial charge on any atom is 0.350 e. The Morgan fingerprint density at radius 2 is 1.73 bits per heavy atom. The van der Waals surface area contributed by atoms with Gasteiger partial charge in [-0.15, -0.1) is 0 Å². The molecule has 1 saturated heterocycles. The second kappa shape index (κ2) is 9.82.